The van der Waals surface area contributed by atoms with Gasteiger partial charge >= 0.3 is 0 Å². The molecule has 0 aromatic heterocycles. The first kappa shape index (κ1) is 9.04. The van der Waals surface area contributed by atoms with Crippen molar-refractivity contribution < 1.29 is 0 Å². The first-order chi connectivity index (χ1) is 6.36. The molecule has 2 rings (SSSR count). The molecule has 2 heteroatoms. The van der Waals surface area contributed by atoms with Crippen molar-refractivity contribution in [2.75, 3.05) is 19.6 Å². The standard InChI is InChI=1S/C11H14ClN/c12-11-5-2-1-4-10(11)6-9-13-7-3-8-13/h1-2,4-5H,3,6-9H2. The molecule has 0 atom stereocenters. The van der Waals surface area contributed by atoms with Gasteiger partial charge in [-0.25, -0.2) is 0 Å². The minimum absolute atomic E-state index is 0.906. The predicted octanol–water partition coefficient (Wildman–Crippen LogP) is 2.59. The van der Waals surface area contributed by atoms with Crippen molar-refractivity contribution in [3.05, 3.63) is 34.9 Å². The van der Waals surface area contributed by atoms with Crippen LogP contribution in [-0.2, 0) is 6.42 Å². The van der Waals surface area contributed by atoms with Crippen molar-refractivity contribution in [2.45, 2.75) is 12.8 Å². The summed E-state index contributed by atoms with van der Waals surface area (Å²) in [6.07, 6.45) is 2.45. The first-order valence-electron chi connectivity index (χ1n) is 4.82. The summed E-state index contributed by atoms with van der Waals surface area (Å²) in [4.78, 5) is 2.46. The lowest BCUT2D eigenvalue weighted by atomic mass is 10.1. The van der Waals surface area contributed by atoms with Crippen LogP contribution in [0.25, 0.3) is 0 Å². The molecule has 0 amide bonds. The molecule has 0 saturated carbocycles. The van der Waals surface area contributed by atoms with Crippen molar-refractivity contribution in [1.82, 2.24) is 4.90 Å². The summed E-state index contributed by atoms with van der Waals surface area (Å²) >= 11 is 6.05. The number of hydrogen-bond donors (Lipinski definition) is 0. The molecule has 0 bridgehead atoms. The van der Waals surface area contributed by atoms with E-state index in [1.807, 2.05) is 12.1 Å². The number of likely N-dealkylation sites (tertiary alicyclic amines) is 1. The molecule has 0 N–H and O–H groups in total. The zero-order chi connectivity index (χ0) is 9.10. The first-order valence-corrected chi connectivity index (χ1v) is 5.20. The fourth-order valence-electron chi connectivity index (χ4n) is 1.59. The Morgan fingerprint density at radius 3 is 2.62 bits per heavy atom. The second kappa shape index (κ2) is 4.12. The van der Waals surface area contributed by atoms with Gasteiger partial charge in [0.1, 0.15) is 0 Å². The predicted molar refractivity (Wildman–Crippen MR) is 56.2 cm³/mol. The van der Waals surface area contributed by atoms with E-state index < -0.39 is 0 Å². The Morgan fingerprint density at radius 1 is 1.23 bits per heavy atom. The molecule has 0 spiro atoms. The number of halogens is 1. The van der Waals surface area contributed by atoms with E-state index in [9.17, 15) is 0 Å². The molecule has 1 fully saturated rings. The van der Waals surface area contributed by atoms with Crippen LogP contribution < -0.4 is 0 Å². The number of hydrogen-bond acceptors (Lipinski definition) is 1. The molecular weight excluding hydrogens is 182 g/mol. The molecule has 1 nitrogen and oxygen atoms in total. The van der Waals surface area contributed by atoms with Gasteiger partial charge in [0.2, 0.25) is 0 Å². The van der Waals surface area contributed by atoms with Crippen LogP contribution in [0.5, 0.6) is 0 Å². The highest BCUT2D eigenvalue weighted by molar-refractivity contribution is 6.31. The topological polar surface area (TPSA) is 3.24 Å². The molecule has 1 saturated heterocycles. The van der Waals surface area contributed by atoms with Crippen LogP contribution in [0.3, 0.4) is 0 Å². The van der Waals surface area contributed by atoms with Gasteiger partial charge in [0.05, 0.1) is 0 Å². The van der Waals surface area contributed by atoms with Crippen LogP contribution >= 0.6 is 11.6 Å². The van der Waals surface area contributed by atoms with Crippen LogP contribution in [0, 0.1) is 0 Å². The minimum atomic E-state index is 0.906. The van der Waals surface area contributed by atoms with E-state index in [0.29, 0.717) is 0 Å². The van der Waals surface area contributed by atoms with Gasteiger partial charge < -0.3 is 4.90 Å². The van der Waals surface area contributed by atoms with Crippen molar-refractivity contribution in [1.29, 1.82) is 0 Å². The fourth-order valence-corrected chi connectivity index (χ4v) is 1.82. The maximum Gasteiger partial charge on any atom is 0.0438 e. The van der Waals surface area contributed by atoms with Gasteiger partial charge in [-0.05, 0) is 37.6 Å². The molecule has 0 aliphatic carbocycles. The molecule has 0 radical (unpaired) electrons. The lowest BCUT2D eigenvalue weighted by Gasteiger charge is -2.30. The lowest BCUT2D eigenvalue weighted by Crippen LogP contribution is -2.38. The van der Waals surface area contributed by atoms with Gasteiger partial charge in [0, 0.05) is 11.6 Å². The molecule has 1 heterocycles. The second-order valence-corrected chi connectivity index (χ2v) is 3.94. The third kappa shape index (κ3) is 2.23. The minimum Gasteiger partial charge on any atom is -0.303 e. The fraction of sp³-hybridized carbons (Fsp3) is 0.455. The summed E-state index contributed by atoms with van der Waals surface area (Å²) in [6, 6.07) is 8.11. The van der Waals surface area contributed by atoms with Crippen LogP contribution in [-0.4, -0.2) is 24.5 Å². The van der Waals surface area contributed by atoms with Crippen LogP contribution in [0.15, 0.2) is 24.3 Å². The Hall–Kier alpha value is -0.530. The molecule has 1 aliphatic rings. The van der Waals surface area contributed by atoms with Gasteiger partial charge in [-0.15, -0.1) is 0 Å². The molecule has 70 valence electrons. The Bertz CT molecular complexity index is 281. The van der Waals surface area contributed by atoms with E-state index in [0.717, 1.165) is 18.0 Å². The number of nitrogens with zero attached hydrogens (tertiary/aromatic N) is 1. The van der Waals surface area contributed by atoms with Crippen molar-refractivity contribution in [3.8, 4) is 0 Å². The molecule has 1 aromatic carbocycles. The summed E-state index contributed by atoms with van der Waals surface area (Å²) in [7, 11) is 0. The summed E-state index contributed by atoms with van der Waals surface area (Å²) in [5, 5.41) is 0.906. The highest BCUT2D eigenvalue weighted by atomic mass is 35.5. The molecule has 13 heavy (non-hydrogen) atoms. The summed E-state index contributed by atoms with van der Waals surface area (Å²) in [5.41, 5.74) is 1.27. The summed E-state index contributed by atoms with van der Waals surface area (Å²) in [5.74, 6) is 0. The smallest absolute Gasteiger partial charge is 0.0438 e. The monoisotopic (exact) mass is 195 g/mol. The SMILES string of the molecule is Clc1ccccc1CCN1CCC1. The van der Waals surface area contributed by atoms with Crippen LogP contribution in [0.1, 0.15) is 12.0 Å². The van der Waals surface area contributed by atoms with Gasteiger partial charge in [-0.2, -0.15) is 0 Å². The summed E-state index contributed by atoms with van der Waals surface area (Å²) in [6.45, 7) is 3.69. The van der Waals surface area contributed by atoms with Crippen LogP contribution in [0.2, 0.25) is 5.02 Å². The quantitative estimate of drug-likeness (QED) is 0.717. The Balaban J connectivity index is 1.89. The van der Waals surface area contributed by atoms with Gasteiger partial charge in [0.25, 0.3) is 0 Å². The molecule has 1 aliphatic heterocycles. The van der Waals surface area contributed by atoms with Crippen LogP contribution in [0.4, 0.5) is 0 Å². The van der Waals surface area contributed by atoms with E-state index in [-0.39, 0.29) is 0 Å². The highest BCUT2D eigenvalue weighted by Crippen LogP contribution is 2.16. The third-order valence-electron chi connectivity index (χ3n) is 2.60. The van der Waals surface area contributed by atoms with Crippen molar-refractivity contribution in [3.63, 3.8) is 0 Å². The lowest BCUT2D eigenvalue weighted by molar-refractivity contribution is 0.184. The average Bonchev–Trinajstić information content (AvgIpc) is 2.05. The second-order valence-electron chi connectivity index (χ2n) is 3.54. The molecular formula is C11H14ClN. The zero-order valence-corrected chi connectivity index (χ0v) is 8.43. The summed E-state index contributed by atoms with van der Waals surface area (Å²) < 4.78 is 0. The zero-order valence-electron chi connectivity index (χ0n) is 7.67. The highest BCUT2D eigenvalue weighted by Gasteiger charge is 2.13. The van der Waals surface area contributed by atoms with E-state index in [4.69, 9.17) is 11.6 Å². The maximum atomic E-state index is 6.05. The molecule has 0 unspecified atom stereocenters. The largest absolute Gasteiger partial charge is 0.303 e. The van der Waals surface area contributed by atoms with Crippen molar-refractivity contribution in [2.24, 2.45) is 0 Å². The normalized spacial score (nSPS) is 17.0. The van der Waals surface area contributed by atoms with E-state index >= 15 is 0 Å². The van der Waals surface area contributed by atoms with E-state index in [1.165, 1.54) is 25.1 Å². The molecule has 1 aromatic rings. The van der Waals surface area contributed by atoms with E-state index in [2.05, 4.69) is 17.0 Å². The Morgan fingerprint density at radius 2 is 2.00 bits per heavy atom. The van der Waals surface area contributed by atoms with Gasteiger partial charge in [-0.1, -0.05) is 29.8 Å². The average molecular weight is 196 g/mol. The van der Waals surface area contributed by atoms with Gasteiger partial charge in [0.15, 0.2) is 0 Å². The Kier molecular flexibility index (Phi) is 2.87. The Labute approximate surface area is 84.3 Å². The van der Waals surface area contributed by atoms with E-state index in [1.54, 1.807) is 0 Å². The number of benzene rings is 1. The maximum absolute atomic E-state index is 6.05. The van der Waals surface area contributed by atoms with Gasteiger partial charge in [-0.3, -0.25) is 0 Å². The van der Waals surface area contributed by atoms with Crippen molar-refractivity contribution >= 4 is 11.6 Å². The number of rotatable bonds is 3. The third-order valence-corrected chi connectivity index (χ3v) is 2.97.